The lowest BCUT2D eigenvalue weighted by molar-refractivity contribution is -0.124. The number of nitrogens with one attached hydrogen (secondary N) is 1. The molecule has 0 saturated carbocycles. The number of nitrogens with two attached hydrogens (primary N) is 1. The van der Waals surface area contributed by atoms with Crippen LogP contribution in [0.1, 0.15) is 17.3 Å². The van der Waals surface area contributed by atoms with Gasteiger partial charge < -0.3 is 15.8 Å². The molecule has 3 N–H and O–H groups in total. The summed E-state index contributed by atoms with van der Waals surface area (Å²) in [5.74, 6) is -3.77. The van der Waals surface area contributed by atoms with Crippen LogP contribution in [0.25, 0.3) is 0 Å². The van der Waals surface area contributed by atoms with Crippen molar-refractivity contribution in [3.8, 4) is 0 Å². The minimum Gasteiger partial charge on any atom is -0.372 e. The van der Waals surface area contributed by atoms with E-state index in [4.69, 9.17) is 10.5 Å². The van der Waals surface area contributed by atoms with E-state index in [0.717, 1.165) is 6.07 Å². The molecule has 0 saturated heterocycles. The fourth-order valence-corrected chi connectivity index (χ4v) is 1.18. The lowest BCUT2D eigenvalue weighted by atomic mass is 10.1. The molecule has 1 unspecified atom stereocenters. The maximum Gasteiger partial charge on any atom is 0.253 e. The van der Waals surface area contributed by atoms with Crippen LogP contribution < -0.4 is 11.1 Å². The second-order valence-corrected chi connectivity index (χ2v) is 3.54. The van der Waals surface area contributed by atoms with Crippen molar-refractivity contribution < 1.29 is 23.1 Å². The maximum absolute atomic E-state index is 13.4. The van der Waals surface area contributed by atoms with Crippen molar-refractivity contribution in [2.45, 2.75) is 13.0 Å². The van der Waals surface area contributed by atoms with Crippen molar-refractivity contribution in [3.05, 3.63) is 29.3 Å². The van der Waals surface area contributed by atoms with E-state index in [-0.39, 0.29) is 5.69 Å². The Morgan fingerprint density at radius 2 is 1.94 bits per heavy atom. The third kappa shape index (κ3) is 3.01. The summed E-state index contributed by atoms with van der Waals surface area (Å²) in [6, 6.07) is 1.32. The fraction of sp³-hybridized carbons (Fsp3) is 0.273. The first-order valence-electron chi connectivity index (χ1n) is 4.99. The van der Waals surface area contributed by atoms with Crippen molar-refractivity contribution in [3.63, 3.8) is 0 Å². The SMILES string of the molecule is COC(C)C(=O)Nc1cc(C(N)=O)c(F)cc1F. The highest BCUT2D eigenvalue weighted by atomic mass is 19.1. The van der Waals surface area contributed by atoms with E-state index >= 15 is 0 Å². The van der Waals surface area contributed by atoms with Crippen molar-refractivity contribution in [1.29, 1.82) is 0 Å². The molecule has 1 aromatic rings. The molecule has 0 aliphatic carbocycles. The van der Waals surface area contributed by atoms with Gasteiger partial charge in [-0.25, -0.2) is 8.78 Å². The van der Waals surface area contributed by atoms with Gasteiger partial charge in [0, 0.05) is 13.2 Å². The molecule has 5 nitrogen and oxygen atoms in total. The minimum absolute atomic E-state index is 0.334. The van der Waals surface area contributed by atoms with Crippen LogP contribution in [0.2, 0.25) is 0 Å². The maximum atomic E-state index is 13.4. The van der Waals surface area contributed by atoms with Gasteiger partial charge in [0.1, 0.15) is 17.7 Å². The van der Waals surface area contributed by atoms with Gasteiger partial charge in [0.05, 0.1) is 11.3 Å². The number of primary amides is 1. The van der Waals surface area contributed by atoms with Gasteiger partial charge in [-0.15, -0.1) is 0 Å². The Morgan fingerprint density at radius 1 is 1.33 bits per heavy atom. The minimum atomic E-state index is -1.09. The Morgan fingerprint density at radius 3 is 2.44 bits per heavy atom. The van der Waals surface area contributed by atoms with Crippen LogP contribution in [0.3, 0.4) is 0 Å². The van der Waals surface area contributed by atoms with Crippen LogP contribution >= 0.6 is 0 Å². The molecule has 7 heteroatoms. The summed E-state index contributed by atoms with van der Waals surface area (Å²) in [6.45, 7) is 1.45. The van der Waals surface area contributed by atoms with E-state index in [1.807, 2.05) is 0 Å². The van der Waals surface area contributed by atoms with Crippen LogP contribution in [-0.2, 0) is 9.53 Å². The molecule has 0 aromatic heterocycles. The summed E-state index contributed by atoms with van der Waals surface area (Å²) >= 11 is 0. The predicted molar refractivity (Wildman–Crippen MR) is 60.0 cm³/mol. The smallest absolute Gasteiger partial charge is 0.253 e. The van der Waals surface area contributed by atoms with Gasteiger partial charge in [0.15, 0.2) is 0 Å². The molecule has 0 fully saturated rings. The standard InChI is InChI=1S/C11H12F2N2O3/c1-5(18-2)11(17)15-9-3-6(10(14)16)7(12)4-8(9)13/h3-5H,1-2H3,(H2,14,16)(H,15,17). The number of carbonyl (C=O) groups is 2. The lowest BCUT2D eigenvalue weighted by Crippen LogP contribution is -2.27. The number of ether oxygens (including phenoxy) is 1. The molecular formula is C11H12F2N2O3. The highest BCUT2D eigenvalue weighted by Crippen LogP contribution is 2.19. The fourth-order valence-electron chi connectivity index (χ4n) is 1.18. The molecule has 18 heavy (non-hydrogen) atoms. The molecule has 98 valence electrons. The molecule has 1 atom stereocenters. The molecule has 0 heterocycles. The molecule has 0 aliphatic rings. The van der Waals surface area contributed by atoms with Gasteiger partial charge in [-0.2, -0.15) is 0 Å². The highest BCUT2D eigenvalue weighted by Gasteiger charge is 2.18. The third-order valence-corrected chi connectivity index (χ3v) is 2.30. The largest absolute Gasteiger partial charge is 0.372 e. The van der Waals surface area contributed by atoms with Crippen molar-refractivity contribution in [2.75, 3.05) is 12.4 Å². The zero-order valence-corrected chi connectivity index (χ0v) is 9.79. The Labute approximate surface area is 102 Å². The first-order chi connectivity index (χ1) is 8.36. The quantitative estimate of drug-likeness (QED) is 0.846. The van der Waals surface area contributed by atoms with Crippen LogP contribution in [0, 0.1) is 11.6 Å². The van der Waals surface area contributed by atoms with E-state index in [1.54, 1.807) is 0 Å². The molecule has 0 bridgehead atoms. The number of amides is 2. The van der Waals surface area contributed by atoms with Gasteiger partial charge in [-0.05, 0) is 13.0 Å². The average molecular weight is 258 g/mol. The first-order valence-corrected chi connectivity index (χ1v) is 4.99. The molecular weight excluding hydrogens is 246 g/mol. The normalized spacial score (nSPS) is 12.0. The van der Waals surface area contributed by atoms with E-state index in [0.29, 0.717) is 6.07 Å². The van der Waals surface area contributed by atoms with Gasteiger partial charge in [-0.3, -0.25) is 9.59 Å². The summed E-state index contributed by atoms with van der Waals surface area (Å²) in [5.41, 5.74) is 4.07. The van der Waals surface area contributed by atoms with Gasteiger partial charge in [0.25, 0.3) is 11.8 Å². The predicted octanol–water partition coefficient (Wildman–Crippen LogP) is 1.04. The van der Waals surface area contributed by atoms with Crippen molar-refractivity contribution in [2.24, 2.45) is 5.73 Å². The van der Waals surface area contributed by atoms with Crippen LogP contribution in [0.15, 0.2) is 12.1 Å². The van der Waals surface area contributed by atoms with E-state index in [1.165, 1.54) is 14.0 Å². The zero-order chi connectivity index (χ0) is 13.9. The van der Waals surface area contributed by atoms with E-state index < -0.39 is 35.1 Å². The van der Waals surface area contributed by atoms with Gasteiger partial charge >= 0.3 is 0 Å². The zero-order valence-electron chi connectivity index (χ0n) is 9.79. The van der Waals surface area contributed by atoms with Crippen LogP contribution in [-0.4, -0.2) is 25.0 Å². The van der Waals surface area contributed by atoms with Crippen LogP contribution in [0.5, 0.6) is 0 Å². The number of hydrogen-bond donors (Lipinski definition) is 2. The number of carbonyl (C=O) groups excluding carboxylic acids is 2. The van der Waals surface area contributed by atoms with E-state index in [9.17, 15) is 18.4 Å². The van der Waals surface area contributed by atoms with Gasteiger partial charge in [-0.1, -0.05) is 0 Å². The van der Waals surface area contributed by atoms with Gasteiger partial charge in [0.2, 0.25) is 0 Å². The Bertz CT molecular complexity index is 491. The molecule has 2 amide bonds. The Hall–Kier alpha value is -2.02. The lowest BCUT2D eigenvalue weighted by Gasteiger charge is -2.12. The topological polar surface area (TPSA) is 81.4 Å². The molecule has 0 spiro atoms. The summed E-state index contributed by atoms with van der Waals surface area (Å²) in [7, 11) is 1.31. The second-order valence-electron chi connectivity index (χ2n) is 3.54. The number of anilines is 1. The first kappa shape index (κ1) is 14.0. The third-order valence-electron chi connectivity index (χ3n) is 2.30. The number of hydrogen-bond acceptors (Lipinski definition) is 3. The summed E-state index contributed by atoms with van der Waals surface area (Å²) in [5, 5.41) is 2.17. The van der Waals surface area contributed by atoms with Crippen LogP contribution in [0.4, 0.5) is 14.5 Å². The Kier molecular flexibility index (Phi) is 4.33. The number of halogens is 2. The number of methoxy groups -OCH3 is 1. The Balaban J connectivity index is 3.06. The monoisotopic (exact) mass is 258 g/mol. The van der Waals surface area contributed by atoms with Crippen molar-refractivity contribution >= 4 is 17.5 Å². The molecule has 1 aromatic carbocycles. The summed E-state index contributed by atoms with van der Waals surface area (Å²) in [4.78, 5) is 22.3. The van der Waals surface area contributed by atoms with Crippen molar-refractivity contribution in [1.82, 2.24) is 0 Å². The average Bonchev–Trinajstić information content (AvgIpc) is 2.30. The molecule has 0 radical (unpaired) electrons. The molecule has 0 aliphatic heterocycles. The summed E-state index contributed by atoms with van der Waals surface area (Å²) in [6.07, 6.45) is -0.813. The molecule has 1 rings (SSSR count). The number of benzene rings is 1. The highest BCUT2D eigenvalue weighted by molar-refractivity contribution is 5.97. The van der Waals surface area contributed by atoms with E-state index in [2.05, 4.69) is 5.32 Å². The summed E-state index contributed by atoms with van der Waals surface area (Å²) < 4.78 is 31.3. The number of rotatable bonds is 4. The second kappa shape index (κ2) is 5.54.